The summed E-state index contributed by atoms with van der Waals surface area (Å²) in [5, 5.41) is 0. The van der Waals surface area contributed by atoms with Gasteiger partial charge in [0.25, 0.3) is 0 Å². The first-order valence-electron chi connectivity index (χ1n) is 7.28. The fraction of sp³-hybridized carbons (Fsp3) is 0.562. The zero-order valence-corrected chi connectivity index (χ0v) is 11.7. The average molecular weight is 260 g/mol. The minimum absolute atomic E-state index is 0.0580. The highest BCUT2D eigenvalue weighted by molar-refractivity contribution is 5.76. The van der Waals surface area contributed by atoms with Crippen molar-refractivity contribution in [3.63, 3.8) is 0 Å². The van der Waals surface area contributed by atoms with Crippen LogP contribution in [0.4, 0.5) is 0 Å². The van der Waals surface area contributed by atoms with Crippen molar-refractivity contribution in [1.82, 2.24) is 4.90 Å². The van der Waals surface area contributed by atoms with Crippen LogP contribution in [0.2, 0.25) is 0 Å². The van der Waals surface area contributed by atoms with Gasteiger partial charge in [-0.25, -0.2) is 0 Å². The molecule has 2 N–H and O–H groups in total. The Morgan fingerprint density at radius 2 is 2.05 bits per heavy atom. The second kappa shape index (κ2) is 6.71. The number of nitrogens with zero attached hydrogens (tertiary/aromatic N) is 1. The van der Waals surface area contributed by atoms with E-state index in [4.69, 9.17) is 5.73 Å². The summed E-state index contributed by atoms with van der Waals surface area (Å²) in [6, 6.07) is 10.2. The lowest BCUT2D eigenvalue weighted by molar-refractivity contribution is -0.132. The first-order chi connectivity index (χ1) is 9.20. The van der Waals surface area contributed by atoms with Gasteiger partial charge in [-0.2, -0.15) is 0 Å². The summed E-state index contributed by atoms with van der Waals surface area (Å²) in [7, 11) is 0. The fourth-order valence-electron chi connectivity index (χ4n) is 2.39. The zero-order chi connectivity index (χ0) is 13.7. The van der Waals surface area contributed by atoms with E-state index in [2.05, 4.69) is 19.1 Å². The second-order valence-electron chi connectivity index (χ2n) is 5.51. The molecule has 0 bridgehead atoms. The lowest BCUT2D eigenvalue weighted by Gasteiger charge is -2.24. The summed E-state index contributed by atoms with van der Waals surface area (Å²) in [4.78, 5) is 14.3. The van der Waals surface area contributed by atoms with Crippen LogP contribution >= 0.6 is 0 Å². The predicted octanol–water partition coefficient (Wildman–Crippen LogP) is 2.55. The normalized spacial score (nSPS) is 16.1. The van der Waals surface area contributed by atoms with Crippen LogP contribution in [0.15, 0.2) is 30.3 Å². The molecule has 1 aliphatic carbocycles. The van der Waals surface area contributed by atoms with E-state index in [-0.39, 0.29) is 11.9 Å². The van der Waals surface area contributed by atoms with Gasteiger partial charge in [0.1, 0.15) is 0 Å². The van der Waals surface area contributed by atoms with Crippen molar-refractivity contribution in [2.24, 2.45) is 11.7 Å². The summed E-state index contributed by atoms with van der Waals surface area (Å²) in [6.07, 6.45) is 3.87. The van der Waals surface area contributed by atoms with Gasteiger partial charge < -0.3 is 10.6 Å². The first kappa shape index (κ1) is 14.1. The Balaban J connectivity index is 1.92. The third-order valence-electron chi connectivity index (χ3n) is 3.70. The van der Waals surface area contributed by atoms with Crippen LogP contribution in [-0.4, -0.2) is 23.4 Å². The van der Waals surface area contributed by atoms with Crippen molar-refractivity contribution in [2.75, 3.05) is 6.54 Å². The topological polar surface area (TPSA) is 46.3 Å². The quantitative estimate of drug-likeness (QED) is 0.819. The molecule has 0 aliphatic heterocycles. The summed E-state index contributed by atoms with van der Waals surface area (Å²) < 4.78 is 0. The first-order valence-corrected chi connectivity index (χ1v) is 7.28. The van der Waals surface area contributed by atoms with Crippen LogP contribution in [-0.2, 0) is 11.3 Å². The van der Waals surface area contributed by atoms with Gasteiger partial charge in [-0.15, -0.1) is 0 Å². The number of carbonyl (C=O) groups is 1. The number of rotatable bonds is 7. The van der Waals surface area contributed by atoms with Crippen LogP contribution in [0, 0.1) is 5.92 Å². The molecule has 0 radical (unpaired) electrons. The Bertz CT molecular complexity index is 400. The van der Waals surface area contributed by atoms with Gasteiger partial charge >= 0.3 is 0 Å². The predicted molar refractivity (Wildman–Crippen MR) is 77.5 cm³/mol. The number of hydrogen-bond donors (Lipinski definition) is 1. The molecule has 0 saturated heterocycles. The number of hydrogen-bond acceptors (Lipinski definition) is 2. The van der Waals surface area contributed by atoms with Crippen molar-refractivity contribution in [3.05, 3.63) is 35.9 Å². The fourth-order valence-corrected chi connectivity index (χ4v) is 2.39. The molecular formula is C16H24N2O. The van der Waals surface area contributed by atoms with Crippen LogP contribution in [0.3, 0.4) is 0 Å². The van der Waals surface area contributed by atoms with E-state index < -0.39 is 0 Å². The summed E-state index contributed by atoms with van der Waals surface area (Å²) in [5.74, 6) is 0.786. The van der Waals surface area contributed by atoms with Gasteiger partial charge in [-0.3, -0.25) is 4.79 Å². The highest BCUT2D eigenvalue weighted by Gasteiger charge is 2.30. The molecule has 1 aromatic carbocycles. The molecule has 1 atom stereocenters. The number of carbonyl (C=O) groups excluding carboxylic acids is 1. The maximum atomic E-state index is 12.3. The SMILES string of the molecule is CCCN(Cc1ccccc1)C(=O)CC(N)C1CC1. The smallest absolute Gasteiger partial charge is 0.224 e. The van der Waals surface area contributed by atoms with Crippen molar-refractivity contribution in [2.45, 2.75) is 45.2 Å². The maximum Gasteiger partial charge on any atom is 0.224 e. The highest BCUT2D eigenvalue weighted by atomic mass is 16.2. The average Bonchev–Trinajstić information content (AvgIpc) is 3.23. The minimum Gasteiger partial charge on any atom is -0.338 e. The Morgan fingerprint density at radius 1 is 1.37 bits per heavy atom. The van der Waals surface area contributed by atoms with Crippen LogP contribution in [0.1, 0.15) is 38.2 Å². The molecule has 3 heteroatoms. The molecule has 1 aliphatic rings. The van der Waals surface area contributed by atoms with Gasteiger partial charge in [0.05, 0.1) is 0 Å². The largest absolute Gasteiger partial charge is 0.338 e. The molecule has 19 heavy (non-hydrogen) atoms. The Kier molecular flexibility index (Phi) is 4.97. The van der Waals surface area contributed by atoms with Gasteiger partial charge in [0, 0.05) is 25.6 Å². The van der Waals surface area contributed by atoms with E-state index in [1.807, 2.05) is 23.1 Å². The Morgan fingerprint density at radius 3 is 2.63 bits per heavy atom. The van der Waals surface area contributed by atoms with E-state index in [0.29, 0.717) is 18.9 Å². The zero-order valence-electron chi connectivity index (χ0n) is 11.7. The molecule has 0 heterocycles. The van der Waals surface area contributed by atoms with E-state index in [1.54, 1.807) is 0 Å². The molecule has 1 aromatic rings. The lowest BCUT2D eigenvalue weighted by atomic mass is 10.1. The highest BCUT2D eigenvalue weighted by Crippen LogP contribution is 2.33. The van der Waals surface area contributed by atoms with Gasteiger partial charge in [0.2, 0.25) is 5.91 Å². The van der Waals surface area contributed by atoms with E-state index in [0.717, 1.165) is 13.0 Å². The van der Waals surface area contributed by atoms with Crippen LogP contribution in [0.25, 0.3) is 0 Å². The van der Waals surface area contributed by atoms with E-state index in [9.17, 15) is 4.79 Å². The third kappa shape index (κ3) is 4.35. The molecular weight excluding hydrogens is 236 g/mol. The summed E-state index contributed by atoms with van der Waals surface area (Å²) >= 11 is 0. The lowest BCUT2D eigenvalue weighted by Crippen LogP contribution is -2.36. The molecule has 1 saturated carbocycles. The number of nitrogens with two attached hydrogens (primary N) is 1. The molecule has 2 rings (SSSR count). The molecule has 1 fully saturated rings. The second-order valence-corrected chi connectivity index (χ2v) is 5.51. The minimum atomic E-state index is 0.0580. The van der Waals surface area contributed by atoms with Crippen LogP contribution < -0.4 is 5.73 Å². The number of benzene rings is 1. The molecule has 1 amide bonds. The molecule has 0 aromatic heterocycles. The van der Waals surface area contributed by atoms with Gasteiger partial charge in [0.15, 0.2) is 0 Å². The molecule has 3 nitrogen and oxygen atoms in total. The third-order valence-corrected chi connectivity index (χ3v) is 3.70. The Labute approximate surface area is 115 Å². The van der Waals surface area contributed by atoms with Gasteiger partial charge in [-0.05, 0) is 30.7 Å². The molecule has 1 unspecified atom stereocenters. The monoisotopic (exact) mass is 260 g/mol. The van der Waals surface area contributed by atoms with Crippen molar-refractivity contribution < 1.29 is 4.79 Å². The van der Waals surface area contributed by atoms with Crippen molar-refractivity contribution >= 4 is 5.91 Å². The van der Waals surface area contributed by atoms with E-state index >= 15 is 0 Å². The number of amides is 1. The van der Waals surface area contributed by atoms with E-state index in [1.165, 1.54) is 18.4 Å². The molecule has 0 spiro atoms. The van der Waals surface area contributed by atoms with Crippen molar-refractivity contribution in [1.29, 1.82) is 0 Å². The van der Waals surface area contributed by atoms with Crippen molar-refractivity contribution in [3.8, 4) is 0 Å². The van der Waals surface area contributed by atoms with Gasteiger partial charge in [-0.1, -0.05) is 37.3 Å². The maximum absolute atomic E-state index is 12.3. The summed E-state index contributed by atoms with van der Waals surface area (Å²) in [6.45, 7) is 3.61. The van der Waals surface area contributed by atoms with Crippen LogP contribution in [0.5, 0.6) is 0 Å². The Hall–Kier alpha value is -1.35. The molecule has 104 valence electrons. The standard InChI is InChI=1S/C16H24N2O/c1-2-10-18(12-13-6-4-3-5-7-13)16(19)11-15(17)14-8-9-14/h3-7,14-15H,2,8-12,17H2,1H3. The summed E-state index contributed by atoms with van der Waals surface area (Å²) in [5.41, 5.74) is 7.24.